The van der Waals surface area contributed by atoms with Gasteiger partial charge in [-0.1, -0.05) is 13.8 Å². The predicted octanol–water partition coefficient (Wildman–Crippen LogP) is 1.04. The molecule has 0 saturated carbocycles. The highest BCUT2D eigenvalue weighted by atomic mass is 16.4. The van der Waals surface area contributed by atoms with Crippen molar-refractivity contribution in [1.82, 2.24) is 9.80 Å². The van der Waals surface area contributed by atoms with E-state index in [-0.39, 0.29) is 11.8 Å². The van der Waals surface area contributed by atoms with Gasteiger partial charge in [-0.15, -0.1) is 0 Å². The molecule has 1 rings (SSSR count). The van der Waals surface area contributed by atoms with E-state index in [4.69, 9.17) is 5.11 Å². The van der Waals surface area contributed by atoms with E-state index in [2.05, 4.69) is 18.7 Å². The first-order valence-electron chi connectivity index (χ1n) is 6.81. The molecular formula is C13H24N2O3. The van der Waals surface area contributed by atoms with E-state index in [1.165, 1.54) is 0 Å². The average molecular weight is 256 g/mol. The molecule has 1 fully saturated rings. The number of nitrogens with zero attached hydrogens (tertiary/aromatic N) is 2. The van der Waals surface area contributed by atoms with Crippen LogP contribution in [0.2, 0.25) is 0 Å². The molecule has 0 aromatic rings. The first-order valence-corrected chi connectivity index (χ1v) is 6.81. The second-order valence-electron chi connectivity index (χ2n) is 4.86. The maximum absolute atomic E-state index is 12.1. The van der Waals surface area contributed by atoms with E-state index in [1.807, 2.05) is 0 Å². The molecule has 1 aliphatic heterocycles. The quantitative estimate of drug-likeness (QED) is 0.771. The number of amides is 1. The summed E-state index contributed by atoms with van der Waals surface area (Å²) in [7, 11) is 0. The molecule has 0 aromatic carbocycles. The Kier molecular flexibility index (Phi) is 6.12. The zero-order chi connectivity index (χ0) is 13.5. The van der Waals surface area contributed by atoms with E-state index in [1.54, 1.807) is 4.90 Å². The van der Waals surface area contributed by atoms with Crippen LogP contribution in [0.5, 0.6) is 0 Å². The average Bonchev–Trinajstić information content (AvgIpc) is 2.38. The van der Waals surface area contributed by atoms with Crippen LogP contribution in [0.1, 0.15) is 33.1 Å². The Morgan fingerprint density at radius 1 is 1.28 bits per heavy atom. The van der Waals surface area contributed by atoms with Gasteiger partial charge >= 0.3 is 5.97 Å². The predicted molar refractivity (Wildman–Crippen MR) is 69.3 cm³/mol. The summed E-state index contributed by atoms with van der Waals surface area (Å²) in [5.41, 5.74) is 0. The van der Waals surface area contributed by atoms with Crippen LogP contribution >= 0.6 is 0 Å². The van der Waals surface area contributed by atoms with Crippen LogP contribution in [0.3, 0.4) is 0 Å². The zero-order valence-corrected chi connectivity index (χ0v) is 11.4. The Labute approximate surface area is 109 Å². The summed E-state index contributed by atoms with van der Waals surface area (Å²) in [6.45, 7) is 7.60. The number of carboxylic acid groups (broad SMARTS) is 1. The van der Waals surface area contributed by atoms with Crippen LogP contribution in [0, 0.1) is 5.92 Å². The highest BCUT2D eigenvalue weighted by Gasteiger charge is 2.27. The van der Waals surface area contributed by atoms with Crippen molar-refractivity contribution in [3.8, 4) is 0 Å². The highest BCUT2D eigenvalue weighted by molar-refractivity contribution is 5.79. The SMILES string of the molecule is CCCN(CC)CC(=O)N1CCC(C(=O)O)CC1. The molecular weight excluding hydrogens is 232 g/mol. The minimum Gasteiger partial charge on any atom is -0.481 e. The minimum atomic E-state index is -0.733. The number of carboxylic acids is 1. The summed E-state index contributed by atoms with van der Waals surface area (Å²) in [5, 5.41) is 8.90. The van der Waals surface area contributed by atoms with Gasteiger partial charge in [0.05, 0.1) is 12.5 Å². The Bertz CT molecular complexity index is 286. The van der Waals surface area contributed by atoms with Gasteiger partial charge in [-0.3, -0.25) is 14.5 Å². The third kappa shape index (κ3) is 4.29. The zero-order valence-electron chi connectivity index (χ0n) is 11.4. The van der Waals surface area contributed by atoms with Crippen LogP contribution in [0.4, 0.5) is 0 Å². The lowest BCUT2D eigenvalue weighted by molar-refractivity contribution is -0.146. The lowest BCUT2D eigenvalue weighted by Gasteiger charge is -2.32. The normalized spacial score (nSPS) is 17.2. The molecule has 0 radical (unpaired) electrons. The van der Waals surface area contributed by atoms with Gasteiger partial charge in [-0.25, -0.2) is 0 Å². The molecule has 1 N–H and O–H groups in total. The van der Waals surface area contributed by atoms with Crippen molar-refractivity contribution in [3.63, 3.8) is 0 Å². The molecule has 1 amide bonds. The van der Waals surface area contributed by atoms with Crippen LogP contribution in [-0.2, 0) is 9.59 Å². The maximum Gasteiger partial charge on any atom is 0.306 e. The van der Waals surface area contributed by atoms with Gasteiger partial charge in [0.15, 0.2) is 0 Å². The van der Waals surface area contributed by atoms with Gasteiger partial charge in [0.2, 0.25) is 5.91 Å². The Morgan fingerprint density at radius 2 is 1.89 bits per heavy atom. The van der Waals surface area contributed by atoms with Crippen LogP contribution < -0.4 is 0 Å². The molecule has 5 heteroatoms. The van der Waals surface area contributed by atoms with E-state index >= 15 is 0 Å². The van der Waals surface area contributed by atoms with Crippen LogP contribution in [-0.4, -0.2) is 59.5 Å². The first kappa shape index (κ1) is 15.0. The van der Waals surface area contributed by atoms with Gasteiger partial charge in [0.1, 0.15) is 0 Å². The highest BCUT2D eigenvalue weighted by Crippen LogP contribution is 2.17. The molecule has 1 heterocycles. The largest absolute Gasteiger partial charge is 0.481 e. The van der Waals surface area contributed by atoms with E-state index in [9.17, 15) is 9.59 Å². The van der Waals surface area contributed by atoms with Crippen LogP contribution in [0.15, 0.2) is 0 Å². The summed E-state index contributed by atoms with van der Waals surface area (Å²) >= 11 is 0. The van der Waals surface area contributed by atoms with Crippen LogP contribution in [0.25, 0.3) is 0 Å². The summed E-state index contributed by atoms with van der Waals surface area (Å²) in [4.78, 5) is 26.8. The second kappa shape index (κ2) is 7.36. The molecule has 0 unspecified atom stereocenters. The summed E-state index contributed by atoms with van der Waals surface area (Å²) in [6, 6.07) is 0. The third-order valence-electron chi connectivity index (χ3n) is 3.54. The fourth-order valence-corrected chi connectivity index (χ4v) is 2.33. The number of likely N-dealkylation sites (N-methyl/N-ethyl adjacent to an activating group) is 1. The number of likely N-dealkylation sites (tertiary alicyclic amines) is 1. The molecule has 0 aliphatic carbocycles. The van der Waals surface area contributed by atoms with Crippen molar-refractivity contribution in [2.75, 3.05) is 32.7 Å². The van der Waals surface area contributed by atoms with Gasteiger partial charge in [-0.2, -0.15) is 0 Å². The van der Waals surface area contributed by atoms with Gasteiger partial charge in [0.25, 0.3) is 0 Å². The second-order valence-corrected chi connectivity index (χ2v) is 4.86. The summed E-state index contributed by atoms with van der Waals surface area (Å²) in [6.07, 6.45) is 2.21. The number of hydrogen-bond acceptors (Lipinski definition) is 3. The minimum absolute atomic E-state index is 0.133. The Morgan fingerprint density at radius 3 is 2.33 bits per heavy atom. The van der Waals surface area contributed by atoms with Gasteiger partial charge in [-0.05, 0) is 32.4 Å². The standard InChI is InChI=1S/C13H24N2O3/c1-3-7-14(4-2)10-12(16)15-8-5-11(6-9-15)13(17)18/h11H,3-10H2,1-2H3,(H,17,18). The smallest absolute Gasteiger partial charge is 0.306 e. The van der Waals surface area contributed by atoms with Crippen molar-refractivity contribution in [2.45, 2.75) is 33.1 Å². The lowest BCUT2D eigenvalue weighted by Crippen LogP contribution is -2.45. The molecule has 5 nitrogen and oxygen atoms in total. The van der Waals surface area contributed by atoms with E-state index in [0.717, 1.165) is 19.5 Å². The summed E-state index contributed by atoms with van der Waals surface area (Å²) in [5.74, 6) is -0.871. The van der Waals surface area contributed by atoms with E-state index in [0.29, 0.717) is 32.5 Å². The molecule has 1 saturated heterocycles. The maximum atomic E-state index is 12.1. The molecule has 104 valence electrons. The number of carbonyl (C=O) groups excluding carboxylic acids is 1. The molecule has 0 bridgehead atoms. The lowest BCUT2D eigenvalue weighted by atomic mass is 9.97. The fourth-order valence-electron chi connectivity index (χ4n) is 2.33. The Hall–Kier alpha value is -1.10. The number of carbonyl (C=O) groups is 2. The first-order chi connectivity index (χ1) is 8.58. The number of piperidine rings is 1. The van der Waals surface area contributed by atoms with Crippen molar-refractivity contribution in [1.29, 1.82) is 0 Å². The molecule has 0 atom stereocenters. The van der Waals surface area contributed by atoms with Crippen molar-refractivity contribution in [3.05, 3.63) is 0 Å². The monoisotopic (exact) mass is 256 g/mol. The number of rotatable bonds is 6. The molecule has 0 aromatic heterocycles. The van der Waals surface area contributed by atoms with Gasteiger partial charge in [0, 0.05) is 13.1 Å². The Balaban J connectivity index is 2.37. The van der Waals surface area contributed by atoms with Crippen molar-refractivity contribution < 1.29 is 14.7 Å². The van der Waals surface area contributed by atoms with Crippen molar-refractivity contribution >= 4 is 11.9 Å². The van der Waals surface area contributed by atoms with Gasteiger partial charge < -0.3 is 10.0 Å². The molecule has 0 spiro atoms. The number of hydrogen-bond donors (Lipinski definition) is 1. The fraction of sp³-hybridized carbons (Fsp3) is 0.846. The van der Waals surface area contributed by atoms with Crippen molar-refractivity contribution in [2.24, 2.45) is 5.92 Å². The molecule has 18 heavy (non-hydrogen) atoms. The van der Waals surface area contributed by atoms with E-state index < -0.39 is 5.97 Å². The number of aliphatic carboxylic acids is 1. The molecule has 1 aliphatic rings. The summed E-state index contributed by atoms with van der Waals surface area (Å²) < 4.78 is 0. The third-order valence-corrected chi connectivity index (χ3v) is 3.54. The topological polar surface area (TPSA) is 60.9 Å².